The first kappa shape index (κ1) is 47.9. The van der Waals surface area contributed by atoms with Gasteiger partial charge in [-0.2, -0.15) is 0 Å². The number of amides is 1. The molecule has 8 nitrogen and oxygen atoms in total. The second kappa shape index (κ2) is 32.8. The first-order valence-electron chi connectivity index (χ1n) is 19.3. The molecule has 0 heterocycles. The van der Waals surface area contributed by atoms with Crippen LogP contribution in [0.3, 0.4) is 0 Å². The van der Waals surface area contributed by atoms with Gasteiger partial charge >= 0.3 is 0 Å². The molecule has 0 aliphatic rings. The van der Waals surface area contributed by atoms with Crippen LogP contribution in [0.15, 0.2) is 72.9 Å². The number of allylic oxidation sites excluding steroid dienone is 11. The van der Waals surface area contributed by atoms with Gasteiger partial charge in [-0.1, -0.05) is 118 Å². The molecule has 0 aromatic rings. The fourth-order valence-corrected chi connectivity index (χ4v) is 5.56. The van der Waals surface area contributed by atoms with Crippen LogP contribution in [0.2, 0.25) is 0 Å². The van der Waals surface area contributed by atoms with E-state index in [1.54, 1.807) is 6.08 Å². The number of likely N-dealkylation sites (N-methyl/N-ethyl adjacent to an activating group) is 1. The highest BCUT2D eigenvalue weighted by molar-refractivity contribution is 7.45. The number of rotatable bonds is 33. The Labute approximate surface area is 306 Å². The van der Waals surface area contributed by atoms with Crippen LogP contribution >= 0.6 is 7.82 Å². The van der Waals surface area contributed by atoms with E-state index in [9.17, 15) is 19.4 Å². The molecule has 0 aromatic heterocycles. The van der Waals surface area contributed by atoms with Crippen molar-refractivity contribution in [3.05, 3.63) is 72.9 Å². The van der Waals surface area contributed by atoms with Gasteiger partial charge in [-0.05, 0) is 77.6 Å². The number of nitrogens with one attached hydrogen (secondary N) is 1. The molecule has 288 valence electrons. The van der Waals surface area contributed by atoms with Gasteiger partial charge in [-0.25, -0.2) is 0 Å². The zero-order valence-corrected chi connectivity index (χ0v) is 33.2. The average molecular weight is 721 g/mol. The fraction of sp³-hybridized carbons (Fsp3) is 0.683. The number of aliphatic hydroxyl groups excluding tert-OH is 1. The van der Waals surface area contributed by atoms with Gasteiger partial charge in [0.15, 0.2) is 0 Å². The van der Waals surface area contributed by atoms with Gasteiger partial charge in [-0.15, -0.1) is 0 Å². The second-order valence-electron chi connectivity index (χ2n) is 13.9. The van der Waals surface area contributed by atoms with E-state index >= 15 is 0 Å². The molecule has 50 heavy (non-hydrogen) atoms. The lowest BCUT2D eigenvalue weighted by Gasteiger charge is -2.29. The number of phosphoric acid groups is 1. The third-order valence-electron chi connectivity index (χ3n) is 7.96. The van der Waals surface area contributed by atoms with Crippen molar-refractivity contribution in [2.75, 3.05) is 40.9 Å². The van der Waals surface area contributed by atoms with Gasteiger partial charge in [0.1, 0.15) is 13.2 Å². The molecule has 9 heteroatoms. The number of unbranched alkanes of at least 4 members (excludes halogenated alkanes) is 11. The number of carbonyl (C=O) groups is 1. The van der Waals surface area contributed by atoms with Gasteiger partial charge in [0.05, 0.1) is 39.9 Å². The van der Waals surface area contributed by atoms with E-state index in [2.05, 4.69) is 66.9 Å². The van der Waals surface area contributed by atoms with Crippen molar-refractivity contribution in [3.63, 3.8) is 0 Å². The van der Waals surface area contributed by atoms with E-state index in [1.807, 2.05) is 40.2 Å². The van der Waals surface area contributed by atoms with Crippen LogP contribution in [-0.4, -0.2) is 68.5 Å². The Kier molecular flexibility index (Phi) is 31.5. The van der Waals surface area contributed by atoms with E-state index < -0.39 is 26.6 Å². The summed E-state index contributed by atoms with van der Waals surface area (Å²) >= 11 is 0. The summed E-state index contributed by atoms with van der Waals surface area (Å²) < 4.78 is 23.0. The monoisotopic (exact) mass is 721 g/mol. The third kappa shape index (κ3) is 34.4. The van der Waals surface area contributed by atoms with Crippen molar-refractivity contribution < 1.29 is 32.9 Å². The maximum Gasteiger partial charge on any atom is 0.268 e. The van der Waals surface area contributed by atoms with Crippen LogP contribution < -0.4 is 10.2 Å². The smallest absolute Gasteiger partial charge is 0.268 e. The molecule has 0 aromatic carbocycles. The molecule has 0 saturated heterocycles. The lowest BCUT2D eigenvalue weighted by atomic mass is 10.1. The Balaban J connectivity index is 4.48. The number of carbonyl (C=O) groups excluding carboxylic acids is 1. The van der Waals surface area contributed by atoms with Gasteiger partial charge in [-0.3, -0.25) is 9.36 Å². The van der Waals surface area contributed by atoms with E-state index in [4.69, 9.17) is 9.05 Å². The average Bonchev–Trinajstić information content (AvgIpc) is 3.06. The number of phosphoric ester groups is 1. The zero-order valence-electron chi connectivity index (χ0n) is 32.3. The molecule has 0 aliphatic heterocycles. The minimum atomic E-state index is -4.60. The highest BCUT2D eigenvalue weighted by Crippen LogP contribution is 2.38. The summed E-state index contributed by atoms with van der Waals surface area (Å²) in [6.45, 7) is 4.30. The van der Waals surface area contributed by atoms with Crippen molar-refractivity contribution in [3.8, 4) is 0 Å². The van der Waals surface area contributed by atoms with Gasteiger partial charge in [0.2, 0.25) is 5.91 Å². The summed E-state index contributed by atoms with van der Waals surface area (Å²) in [5.74, 6) is -0.232. The lowest BCUT2D eigenvalue weighted by Crippen LogP contribution is -2.45. The summed E-state index contributed by atoms with van der Waals surface area (Å²) in [6.07, 6.45) is 42.5. The molecule has 2 N–H and O–H groups in total. The van der Waals surface area contributed by atoms with Gasteiger partial charge < -0.3 is 28.8 Å². The first-order chi connectivity index (χ1) is 24.0. The molecule has 0 saturated carbocycles. The Morgan fingerprint density at radius 3 is 1.86 bits per heavy atom. The zero-order chi connectivity index (χ0) is 37.2. The minimum Gasteiger partial charge on any atom is -0.756 e. The summed E-state index contributed by atoms with van der Waals surface area (Å²) in [5.41, 5.74) is 0. The second-order valence-corrected chi connectivity index (χ2v) is 15.3. The molecule has 3 unspecified atom stereocenters. The van der Waals surface area contributed by atoms with Crippen LogP contribution in [0, 0.1) is 0 Å². The molecule has 1 amide bonds. The topological polar surface area (TPSA) is 108 Å². The molecular formula is C41H73N2O6P. The van der Waals surface area contributed by atoms with Crippen LogP contribution in [0.4, 0.5) is 0 Å². The van der Waals surface area contributed by atoms with Crippen molar-refractivity contribution in [2.24, 2.45) is 0 Å². The van der Waals surface area contributed by atoms with Gasteiger partial charge in [0.25, 0.3) is 7.82 Å². The van der Waals surface area contributed by atoms with E-state index in [0.717, 1.165) is 70.6 Å². The van der Waals surface area contributed by atoms with Crippen molar-refractivity contribution in [2.45, 2.75) is 142 Å². The van der Waals surface area contributed by atoms with Crippen molar-refractivity contribution >= 4 is 13.7 Å². The number of aliphatic hydroxyl groups is 1. The van der Waals surface area contributed by atoms with Crippen LogP contribution in [0.25, 0.3) is 0 Å². The van der Waals surface area contributed by atoms with Crippen molar-refractivity contribution in [1.82, 2.24) is 5.32 Å². The maximum absolute atomic E-state index is 12.8. The van der Waals surface area contributed by atoms with Crippen LogP contribution in [0.1, 0.15) is 129 Å². The SMILES string of the molecule is C/C=C/CC/C=C/CC/C=C/C(O)C(COP(=O)([O-])OCC[N+](C)(C)C)NC(=O)CCCCCCCC/C=C\C/C=C\C/C=C\CCCCC. The summed E-state index contributed by atoms with van der Waals surface area (Å²) in [7, 11) is 1.21. The Morgan fingerprint density at radius 2 is 1.26 bits per heavy atom. The predicted molar refractivity (Wildman–Crippen MR) is 210 cm³/mol. The molecule has 0 bridgehead atoms. The predicted octanol–water partition coefficient (Wildman–Crippen LogP) is 9.44. The van der Waals surface area contributed by atoms with Crippen LogP contribution in [-0.2, 0) is 18.4 Å². The summed E-state index contributed by atoms with van der Waals surface area (Å²) in [4.78, 5) is 25.1. The number of hydrogen-bond donors (Lipinski definition) is 2. The highest BCUT2D eigenvalue weighted by atomic mass is 31.2. The normalized spacial score (nSPS) is 15.4. The molecular weight excluding hydrogens is 647 g/mol. The minimum absolute atomic E-state index is 0.0160. The van der Waals surface area contributed by atoms with Crippen molar-refractivity contribution in [1.29, 1.82) is 0 Å². The molecule has 0 aliphatic carbocycles. The molecule has 0 fully saturated rings. The number of quaternary nitrogens is 1. The van der Waals surface area contributed by atoms with Gasteiger partial charge in [0, 0.05) is 6.42 Å². The first-order valence-corrected chi connectivity index (χ1v) is 20.7. The summed E-state index contributed by atoms with van der Waals surface area (Å²) in [5, 5.41) is 13.6. The molecule has 0 rings (SSSR count). The van der Waals surface area contributed by atoms with E-state index in [-0.39, 0.29) is 12.5 Å². The largest absolute Gasteiger partial charge is 0.756 e. The molecule has 3 atom stereocenters. The maximum atomic E-state index is 12.8. The molecule has 0 radical (unpaired) electrons. The van der Waals surface area contributed by atoms with E-state index in [1.165, 1.54) is 38.5 Å². The third-order valence-corrected chi connectivity index (χ3v) is 8.93. The Bertz CT molecular complexity index is 1040. The Hall–Kier alpha value is -2.06. The standard InChI is InChI=1S/C41H73N2O6P/c1-6-8-10-12-14-16-17-18-19-20-21-22-23-24-25-27-29-31-33-35-41(45)42-39(38-49-50(46,47)48-37-36-43(3,4)5)40(44)34-32-30-28-26-15-13-11-9-7-2/h7,9,14-16,18-19,21-22,26,32,34,39-40,44H,6,8,10-13,17,20,23-25,27-31,33,35-38H2,1-5H3,(H-,42,45,46,47)/b9-7+,16-14-,19-18-,22-21-,26-15+,34-32+. The number of nitrogens with zero attached hydrogens (tertiary/aromatic N) is 1. The summed E-state index contributed by atoms with van der Waals surface area (Å²) in [6, 6.07) is -0.917. The number of hydrogen-bond acceptors (Lipinski definition) is 6. The highest BCUT2D eigenvalue weighted by Gasteiger charge is 2.23. The molecule has 0 spiro atoms. The fourth-order valence-electron chi connectivity index (χ4n) is 4.84. The van der Waals surface area contributed by atoms with E-state index in [0.29, 0.717) is 17.4 Å². The Morgan fingerprint density at radius 1 is 0.740 bits per heavy atom. The quantitative estimate of drug-likeness (QED) is 0.0303. The lowest BCUT2D eigenvalue weighted by molar-refractivity contribution is -0.870. The van der Waals surface area contributed by atoms with Crippen LogP contribution in [0.5, 0.6) is 0 Å².